The van der Waals surface area contributed by atoms with Gasteiger partial charge in [0.25, 0.3) is 0 Å². The lowest BCUT2D eigenvalue weighted by Crippen LogP contribution is -2.14. The number of thiol groups is 3. The van der Waals surface area contributed by atoms with Crippen molar-refractivity contribution in [3.8, 4) is 0 Å². The Morgan fingerprint density at radius 1 is 1.25 bits per heavy atom. The molecule has 0 aromatic heterocycles. The predicted octanol–water partition coefficient (Wildman–Crippen LogP) is 1.78. The first-order valence-corrected chi connectivity index (χ1v) is 4.40. The Hall–Kier alpha value is 1.05. The molecule has 0 heterocycles. The van der Waals surface area contributed by atoms with Gasteiger partial charge in [0, 0.05) is 11.0 Å². The first kappa shape index (κ1) is 9.05. The van der Waals surface area contributed by atoms with Crippen LogP contribution in [0.3, 0.4) is 0 Å². The van der Waals surface area contributed by atoms with Gasteiger partial charge in [-0.3, -0.25) is 0 Å². The lowest BCUT2D eigenvalue weighted by molar-refractivity contribution is 0.665. The molecule has 2 unspecified atom stereocenters. The van der Waals surface area contributed by atoms with Crippen molar-refractivity contribution in [2.75, 3.05) is 11.5 Å². The fraction of sp³-hybridized carbons (Fsp3) is 1.00. The summed E-state index contributed by atoms with van der Waals surface area (Å²) < 4.78 is 0. The Kier molecular flexibility index (Phi) is 5.53. The minimum absolute atomic E-state index is 0.399. The molecule has 0 aliphatic rings. The minimum atomic E-state index is 0.399. The molecular weight excluding hydrogens is 156 g/mol. The second-order valence-corrected chi connectivity index (χ2v) is 3.30. The third-order valence-corrected chi connectivity index (χ3v) is 3.08. The molecule has 0 fully saturated rings. The van der Waals surface area contributed by atoms with Crippen LogP contribution in [0.25, 0.3) is 0 Å². The maximum atomic E-state index is 4.28. The van der Waals surface area contributed by atoms with E-state index in [1.165, 1.54) is 0 Å². The van der Waals surface area contributed by atoms with Crippen molar-refractivity contribution in [1.82, 2.24) is 0 Å². The van der Waals surface area contributed by atoms with E-state index in [-0.39, 0.29) is 0 Å². The molecule has 2 atom stereocenters. The van der Waals surface area contributed by atoms with Crippen LogP contribution >= 0.6 is 37.9 Å². The van der Waals surface area contributed by atoms with E-state index in [0.717, 1.165) is 11.5 Å². The molecule has 0 radical (unpaired) electrons. The molecular formula is C5H12S3. The molecule has 0 saturated heterocycles. The summed E-state index contributed by atoms with van der Waals surface area (Å²) in [5.41, 5.74) is 0. The Morgan fingerprint density at radius 2 is 1.75 bits per heavy atom. The van der Waals surface area contributed by atoms with E-state index in [0.29, 0.717) is 11.2 Å². The van der Waals surface area contributed by atoms with Crippen LogP contribution in [0, 0.1) is 5.92 Å². The smallest absolute Gasteiger partial charge is 0.0138 e. The van der Waals surface area contributed by atoms with E-state index in [4.69, 9.17) is 0 Å². The van der Waals surface area contributed by atoms with Crippen molar-refractivity contribution < 1.29 is 0 Å². The molecule has 0 bridgehead atoms. The largest absolute Gasteiger partial charge is 0.179 e. The van der Waals surface area contributed by atoms with E-state index >= 15 is 0 Å². The Bertz CT molecular complexity index is 47.6. The normalized spacial score (nSPS) is 18.0. The monoisotopic (exact) mass is 168 g/mol. The third kappa shape index (κ3) is 3.15. The quantitative estimate of drug-likeness (QED) is 0.526. The zero-order valence-electron chi connectivity index (χ0n) is 4.91. The summed E-state index contributed by atoms with van der Waals surface area (Å²) in [6.45, 7) is 2.13. The number of hydrogen-bond donors (Lipinski definition) is 3. The first-order chi connectivity index (χ1) is 3.72. The highest BCUT2D eigenvalue weighted by molar-refractivity contribution is 7.84. The average Bonchev–Trinajstić information content (AvgIpc) is 1.84. The van der Waals surface area contributed by atoms with Crippen LogP contribution < -0.4 is 0 Å². The van der Waals surface area contributed by atoms with Crippen LogP contribution in [0.2, 0.25) is 0 Å². The van der Waals surface area contributed by atoms with Crippen molar-refractivity contribution in [1.29, 1.82) is 0 Å². The van der Waals surface area contributed by atoms with Crippen LogP contribution in [0.5, 0.6) is 0 Å². The fourth-order valence-corrected chi connectivity index (χ4v) is 1.19. The summed E-state index contributed by atoms with van der Waals surface area (Å²) >= 11 is 12.5. The lowest BCUT2D eigenvalue weighted by Gasteiger charge is -2.12. The Morgan fingerprint density at radius 3 is 1.88 bits per heavy atom. The van der Waals surface area contributed by atoms with Gasteiger partial charge in [0.05, 0.1) is 0 Å². The van der Waals surface area contributed by atoms with E-state index in [2.05, 4.69) is 44.8 Å². The predicted molar refractivity (Wildman–Crippen MR) is 49.6 cm³/mol. The fourth-order valence-electron chi connectivity index (χ4n) is 0.302. The summed E-state index contributed by atoms with van der Waals surface area (Å²) in [7, 11) is 0. The van der Waals surface area contributed by atoms with Crippen molar-refractivity contribution in [2.45, 2.75) is 12.2 Å². The summed E-state index contributed by atoms with van der Waals surface area (Å²) in [5, 5.41) is 0.399. The molecule has 0 spiro atoms. The third-order valence-electron chi connectivity index (χ3n) is 1.13. The van der Waals surface area contributed by atoms with Gasteiger partial charge in [-0.05, 0) is 11.7 Å². The molecule has 8 heavy (non-hydrogen) atoms. The average molecular weight is 168 g/mol. The first-order valence-electron chi connectivity index (χ1n) is 2.62. The Labute approximate surface area is 67.7 Å². The van der Waals surface area contributed by atoms with Gasteiger partial charge in [-0.1, -0.05) is 6.92 Å². The molecule has 3 heteroatoms. The highest BCUT2D eigenvalue weighted by atomic mass is 32.1. The minimum Gasteiger partial charge on any atom is -0.179 e. The summed E-state index contributed by atoms with van der Waals surface area (Å²) in [5.74, 6) is 2.30. The van der Waals surface area contributed by atoms with E-state index < -0.39 is 0 Å². The van der Waals surface area contributed by atoms with Crippen molar-refractivity contribution in [2.24, 2.45) is 5.92 Å². The van der Waals surface area contributed by atoms with Gasteiger partial charge >= 0.3 is 0 Å². The summed E-state index contributed by atoms with van der Waals surface area (Å²) in [4.78, 5) is 0. The maximum absolute atomic E-state index is 4.28. The molecule has 0 aromatic rings. The number of hydrogen-bond acceptors (Lipinski definition) is 3. The molecule has 0 saturated carbocycles. The molecule has 0 N–H and O–H groups in total. The summed E-state index contributed by atoms with van der Waals surface area (Å²) in [6.07, 6.45) is 0. The van der Waals surface area contributed by atoms with Crippen LogP contribution in [0.15, 0.2) is 0 Å². The van der Waals surface area contributed by atoms with Gasteiger partial charge < -0.3 is 0 Å². The molecule has 0 nitrogen and oxygen atoms in total. The van der Waals surface area contributed by atoms with E-state index in [1.807, 2.05) is 0 Å². The van der Waals surface area contributed by atoms with Crippen molar-refractivity contribution >= 4 is 37.9 Å². The molecule has 0 aliphatic heterocycles. The van der Waals surface area contributed by atoms with Crippen LogP contribution in [-0.4, -0.2) is 16.8 Å². The molecule has 0 aromatic carbocycles. The molecule has 0 aliphatic carbocycles. The zero-order valence-corrected chi connectivity index (χ0v) is 7.59. The van der Waals surface area contributed by atoms with E-state index in [9.17, 15) is 0 Å². The SMILES string of the molecule is CC(CS)C(S)CS. The van der Waals surface area contributed by atoms with Crippen LogP contribution in [-0.2, 0) is 0 Å². The van der Waals surface area contributed by atoms with Crippen LogP contribution in [0.1, 0.15) is 6.92 Å². The van der Waals surface area contributed by atoms with Gasteiger partial charge in [-0.2, -0.15) is 37.9 Å². The van der Waals surface area contributed by atoms with Gasteiger partial charge in [0.15, 0.2) is 0 Å². The van der Waals surface area contributed by atoms with Crippen molar-refractivity contribution in [3.63, 3.8) is 0 Å². The van der Waals surface area contributed by atoms with Gasteiger partial charge in [0.2, 0.25) is 0 Å². The highest BCUT2D eigenvalue weighted by Gasteiger charge is 2.07. The van der Waals surface area contributed by atoms with Gasteiger partial charge in [-0.25, -0.2) is 0 Å². The van der Waals surface area contributed by atoms with Crippen molar-refractivity contribution in [3.05, 3.63) is 0 Å². The topological polar surface area (TPSA) is 0 Å². The van der Waals surface area contributed by atoms with Gasteiger partial charge in [-0.15, -0.1) is 0 Å². The second-order valence-electron chi connectivity index (χ2n) is 1.91. The zero-order chi connectivity index (χ0) is 6.57. The standard InChI is InChI=1S/C5H12S3/c1-4(2-6)5(8)3-7/h4-8H,2-3H2,1H3. The lowest BCUT2D eigenvalue weighted by atomic mass is 10.1. The maximum Gasteiger partial charge on any atom is 0.0138 e. The molecule has 50 valence electrons. The summed E-state index contributed by atoms with van der Waals surface area (Å²) in [6, 6.07) is 0. The van der Waals surface area contributed by atoms with E-state index in [1.54, 1.807) is 0 Å². The number of rotatable bonds is 3. The highest BCUT2D eigenvalue weighted by Crippen LogP contribution is 2.11. The van der Waals surface area contributed by atoms with Gasteiger partial charge in [0.1, 0.15) is 0 Å². The molecule has 0 amide bonds. The second kappa shape index (κ2) is 4.89. The Balaban J connectivity index is 3.29. The van der Waals surface area contributed by atoms with Crippen LogP contribution in [0.4, 0.5) is 0 Å². The molecule has 0 rings (SSSR count).